The molecule has 2 N–H and O–H groups in total. The molecule has 1 aliphatic carbocycles. The highest BCUT2D eigenvalue weighted by Gasteiger charge is 2.55. The molecule has 0 radical (unpaired) electrons. The Hall–Kier alpha value is -0.960. The first kappa shape index (κ1) is 7.44. The maximum Gasteiger partial charge on any atom is 0.180 e. The highest BCUT2D eigenvalue weighted by Crippen LogP contribution is 2.59. The summed E-state index contributed by atoms with van der Waals surface area (Å²) in [5.41, 5.74) is 7.16. The largest absolute Gasteiger partial charge is 0.399 e. The molecule has 1 heterocycles. The Labute approximate surface area is 80.5 Å². The molecule has 0 bridgehead atoms. The Kier molecular flexibility index (Phi) is 1.20. The molecule has 1 saturated carbocycles. The van der Waals surface area contributed by atoms with E-state index in [4.69, 9.17) is 5.73 Å². The zero-order valence-electron chi connectivity index (χ0n) is 7.04. The van der Waals surface area contributed by atoms with Gasteiger partial charge in [-0.05, 0) is 31.0 Å². The van der Waals surface area contributed by atoms with Gasteiger partial charge in [0.2, 0.25) is 0 Å². The first-order valence-corrected chi connectivity index (χ1v) is 5.16. The molecule has 1 aromatic rings. The van der Waals surface area contributed by atoms with Crippen LogP contribution >= 0.6 is 11.8 Å². The lowest BCUT2D eigenvalue weighted by Crippen LogP contribution is -2.11. The molecule has 3 heteroatoms. The van der Waals surface area contributed by atoms with Crippen molar-refractivity contribution in [2.45, 2.75) is 22.5 Å². The van der Waals surface area contributed by atoms with Crippen molar-refractivity contribution in [3.63, 3.8) is 0 Å². The second kappa shape index (κ2) is 2.10. The number of rotatable bonds is 0. The molecule has 66 valence electrons. The maximum atomic E-state index is 11.9. The van der Waals surface area contributed by atoms with Gasteiger partial charge in [-0.3, -0.25) is 4.79 Å². The number of carbonyl (C=O) groups excluding carboxylic acids is 1. The summed E-state index contributed by atoms with van der Waals surface area (Å²) >= 11 is 1.72. The molecule has 1 spiro atoms. The van der Waals surface area contributed by atoms with E-state index in [0.717, 1.165) is 23.3 Å². The zero-order chi connectivity index (χ0) is 9.05. The molecule has 0 saturated heterocycles. The number of thioether (sulfide) groups is 1. The van der Waals surface area contributed by atoms with Gasteiger partial charge in [0, 0.05) is 16.1 Å². The van der Waals surface area contributed by atoms with E-state index in [9.17, 15) is 4.79 Å². The number of hydrogen-bond acceptors (Lipinski definition) is 3. The van der Waals surface area contributed by atoms with E-state index < -0.39 is 0 Å². The van der Waals surface area contributed by atoms with Crippen LogP contribution in [0.25, 0.3) is 0 Å². The summed E-state index contributed by atoms with van der Waals surface area (Å²) in [5.74, 6) is 0.291. The molecule has 13 heavy (non-hydrogen) atoms. The summed E-state index contributed by atoms with van der Waals surface area (Å²) in [6.45, 7) is 0. The monoisotopic (exact) mass is 191 g/mol. The summed E-state index contributed by atoms with van der Waals surface area (Å²) < 4.78 is -0.0733. The van der Waals surface area contributed by atoms with Gasteiger partial charge in [0.1, 0.15) is 0 Å². The van der Waals surface area contributed by atoms with Gasteiger partial charge in [-0.15, -0.1) is 11.8 Å². The second-order valence-electron chi connectivity index (χ2n) is 3.68. The third-order valence-corrected chi connectivity index (χ3v) is 4.23. The molecule has 1 aromatic carbocycles. The minimum absolute atomic E-state index is 0.0733. The van der Waals surface area contributed by atoms with Gasteiger partial charge < -0.3 is 5.73 Å². The van der Waals surface area contributed by atoms with Crippen LogP contribution in [0.3, 0.4) is 0 Å². The third-order valence-electron chi connectivity index (χ3n) is 2.67. The third kappa shape index (κ3) is 0.879. The normalized spacial score (nSPS) is 22.0. The van der Waals surface area contributed by atoms with Crippen molar-refractivity contribution in [3.8, 4) is 0 Å². The average molecular weight is 191 g/mol. The Morgan fingerprint density at radius 2 is 2.15 bits per heavy atom. The number of hydrogen-bond donors (Lipinski definition) is 1. The lowest BCUT2D eigenvalue weighted by Gasteiger charge is -1.98. The van der Waals surface area contributed by atoms with Crippen molar-refractivity contribution in [2.24, 2.45) is 0 Å². The quantitative estimate of drug-likeness (QED) is 0.638. The van der Waals surface area contributed by atoms with E-state index in [1.165, 1.54) is 0 Å². The summed E-state index contributed by atoms with van der Waals surface area (Å²) in [4.78, 5) is 13.0. The molecule has 1 aliphatic heterocycles. The van der Waals surface area contributed by atoms with Crippen LogP contribution in [0.5, 0.6) is 0 Å². The zero-order valence-corrected chi connectivity index (χ0v) is 7.86. The Morgan fingerprint density at radius 3 is 2.85 bits per heavy atom. The van der Waals surface area contributed by atoms with Crippen LogP contribution in [0.2, 0.25) is 0 Å². The molecule has 2 nitrogen and oxygen atoms in total. The van der Waals surface area contributed by atoms with E-state index in [1.54, 1.807) is 17.8 Å². The molecular weight excluding hydrogens is 182 g/mol. The first-order chi connectivity index (χ1) is 6.21. The number of nitrogens with two attached hydrogens (primary N) is 1. The number of fused-ring (bicyclic) bond motifs is 1. The van der Waals surface area contributed by atoms with Gasteiger partial charge in [-0.25, -0.2) is 0 Å². The standard InChI is InChI=1S/C10H9NOS/c11-6-1-2-8-7(5-6)9(12)10(13-8)3-4-10/h1-2,5H,3-4,11H2. The predicted octanol–water partition coefficient (Wildman–Crippen LogP) is 2.09. The van der Waals surface area contributed by atoms with Gasteiger partial charge in [0.05, 0.1) is 4.75 Å². The van der Waals surface area contributed by atoms with E-state index in [1.807, 2.05) is 12.1 Å². The highest BCUT2D eigenvalue weighted by molar-refractivity contribution is 8.02. The Morgan fingerprint density at radius 1 is 1.38 bits per heavy atom. The van der Waals surface area contributed by atoms with Crippen molar-refractivity contribution in [1.29, 1.82) is 0 Å². The smallest absolute Gasteiger partial charge is 0.180 e. The minimum Gasteiger partial charge on any atom is -0.399 e. The van der Waals surface area contributed by atoms with Gasteiger partial charge in [-0.2, -0.15) is 0 Å². The van der Waals surface area contributed by atoms with Gasteiger partial charge >= 0.3 is 0 Å². The topological polar surface area (TPSA) is 43.1 Å². The van der Waals surface area contributed by atoms with Crippen molar-refractivity contribution in [2.75, 3.05) is 5.73 Å². The van der Waals surface area contributed by atoms with Crippen LogP contribution in [0.4, 0.5) is 5.69 Å². The lowest BCUT2D eigenvalue weighted by atomic mass is 10.1. The fourth-order valence-electron chi connectivity index (χ4n) is 1.76. The summed E-state index contributed by atoms with van der Waals surface area (Å²) in [7, 11) is 0. The summed E-state index contributed by atoms with van der Waals surface area (Å²) in [5, 5.41) is 0. The molecule has 0 aromatic heterocycles. The molecule has 1 fully saturated rings. The molecular formula is C10H9NOS. The molecule has 0 atom stereocenters. The predicted molar refractivity (Wildman–Crippen MR) is 53.0 cm³/mol. The van der Waals surface area contributed by atoms with Crippen molar-refractivity contribution >= 4 is 23.2 Å². The van der Waals surface area contributed by atoms with Gasteiger partial charge in [0.15, 0.2) is 5.78 Å². The number of anilines is 1. The number of carbonyl (C=O) groups is 1. The summed E-state index contributed by atoms with van der Waals surface area (Å²) in [6, 6.07) is 5.62. The van der Waals surface area contributed by atoms with Gasteiger partial charge in [-0.1, -0.05) is 0 Å². The second-order valence-corrected chi connectivity index (χ2v) is 5.11. The van der Waals surface area contributed by atoms with Gasteiger partial charge in [0.25, 0.3) is 0 Å². The first-order valence-electron chi connectivity index (χ1n) is 4.35. The van der Waals surface area contributed by atoms with Crippen LogP contribution in [0, 0.1) is 0 Å². The summed E-state index contributed by atoms with van der Waals surface area (Å²) in [6.07, 6.45) is 2.07. The maximum absolute atomic E-state index is 11.9. The van der Waals surface area contributed by atoms with E-state index in [0.29, 0.717) is 11.5 Å². The fraction of sp³-hybridized carbons (Fsp3) is 0.300. The average Bonchev–Trinajstić information content (AvgIpc) is 2.83. The lowest BCUT2D eigenvalue weighted by molar-refractivity contribution is 0.0983. The minimum atomic E-state index is -0.0733. The molecule has 0 amide bonds. The number of Topliss-reactive ketones (excluding diaryl/α,β-unsaturated/α-hetero) is 1. The van der Waals surface area contributed by atoms with Crippen molar-refractivity contribution in [3.05, 3.63) is 23.8 Å². The van der Waals surface area contributed by atoms with E-state index >= 15 is 0 Å². The molecule has 0 unspecified atom stereocenters. The van der Waals surface area contributed by atoms with E-state index in [2.05, 4.69) is 0 Å². The fourth-order valence-corrected chi connectivity index (χ4v) is 3.09. The van der Waals surface area contributed by atoms with Crippen LogP contribution in [0.1, 0.15) is 23.2 Å². The van der Waals surface area contributed by atoms with Crippen LogP contribution in [0.15, 0.2) is 23.1 Å². The number of nitrogen functional groups attached to an aromatic ring is 1. The van der Waals surface area contributed by atoms with Crippen LogP contribution in [-0.4, -0.2) is 10.5 Å². The van der Waals surface area contributed by atoms with Crippen LogP contribution < -0.4 is 5.73 Å². The molecule has 2 aliphatic rings. The Bertz CT molecular complexity index is 409. The SMILES string of the molecule is Nc1ccc2c(c1)C(=O)C1(CC1)S2. The highest BCUT2D eigenvalue weighted by atomic mass is 32.2. The van der Waals surface area contributed by atoms with Crippen molar-refractivity contribution in [1.82, 2.24) is 0 Å². The number of ketones is 1. The Balaban J connectivity index is 2.18. The van der Waals surface area contributed by atoms with E-state index in [-0.39, 0.29) is 4.75 Å². The molecule has 3 rings (SSSR count). The van der Waals surface area contributed by atoms with Crippen LogP contribution in [-0.2, 0) is 0 Å². The van der Waals surface area contributed by atoms with Crippen molar-refractivity contribution < 1.29 is 4.79 Å². The number of benzene rings is 1.